The second-order valence-corrected chi connectivity index (χ2v) is 3.68. The Morgan fingerprint density at radius 2 is 1.73 bits per heavy atom. The van der Waals surface area contributed by atoms with Crippen LogP contribution in [-0.4, -0.2) is 42.8 Å². The first-order chi connectivity index (χ1) is 7.18. The first-order valence-electron chi connectivity index (χ1n) is 5.00. The summed E-state index contributed by atoms with van der Waals surface area (Å²) in [4.78, 5) is 24.5. The van der Waals surface area contributed by atoms with Gasteiger partial charge in [0, 0.05) is 24.9 Å². The van der Waals surface area contributed by atoms with E-state index in [1.807, 2.05) is 6.92 Å². The summed E-state index contributed by atoms with van der Waals surface area (Å²) in [5.74, 6) is -0.855. The van der Waals surface area contributed by atoms with E-state index in [9.17, 15) is 9.59 Å². The van der Waals surface area contributed by atoms with Gasteiger partial charge in [-0.1, -0.05) is 0 Å². The lowest BCUT2D eigenvalue weighted by Crippen LogP contribution is -2.37. The number of rotatable bonds is 1. The Labute approximate surface area is 88.2 Å². The van der Waals surface area contributed by atoms with Gasteiger partial charge in [-0.2, -0.15) is 0 Å². The Bertz CT molecular complexity index is 362. The molecule has 0 unspecified atom stereocenters. The zero-order valence-electron chi connectivity index (χ0n) is 8.66. The van der Waals surface area contributed by atoms with Crippen LogP contribution in [0.15, 0.2) is 23.4 Å². The molecule has 80 valence electrons. The molecule has 0 aromatic carbocycles. The van der Waals surface area contributed by atoms with Crippen molar-refractivity contribution >= 4 is 11.6 Å². The lowest BCUT2D eigenvalue weighted by molar-refractivity contribution is -0.131. The van der Waals surface area contributed by atoms with Crippen molar-refractivity contribution in [3.8, 4) is 0 Å². The molecule has 1 saturated heterocycles. The highest BCUT2D eigenvalue weighted by atomic mass is 16.5. The molecule has 4 heteroatoms. The SMILES string of the molecule is CC1=CC(=O)C(=O)C=C1N1CCOCC1. The summed E-state index contributed by atoms with van der Waals surface area (Å²) in [7, 11) is 0. The van der Waals surface area contributed by atoms with E-state index in [2.05, 4.69) is 4.90 Å². The van der Waals surface area contributed by atoms with Crippen molar-refractivity contribution in [2.24, 2.45) is 0 Å². The van der Waals surface area contributed by atoms with Crippen LogP contribution in [0.5, 0.6) is 0 Å². The Hall–Kier alpha value is -1.42. The molecule has 0 aromatic rings. The lowest BCUT2D eigenvalue weighted by Gasteiger charge is -2.32. The molecule has 0 saturated carbocycles. The van der Waals surface area contributed by atoms with Crippen LogP contribution in [-0.2, 0) is 14.3 Å². The highest BCUT2D eigenvalue weighted by Gasteiger charge is 2.22. The van der Waals surface area contributed by atoms with Crippen LogP contribution in [0.2, 0.25) is 0 Å². The summed E-state index contributed by atoms with van der Waals surface area (Å²) in [6, 6.07) is 0. The van der Waals surface area contributed by atoms with Gasteiger partial charge in [0.1, 0.15) is 0 Å². The van der Waals surface area contributed by atoms with Crippen molar-refractivity contribution < 1.29 is 14.3 Å². The average molecular weight is 207 g/mol. The van der Waals surface area contributed by atoms with E-state index < -0.39 is 11.6 Å². The number of carbonyl (C=O) groups is 2. The minimum atomic E-state index is -0.429. The highest BCUT2D eigenvalue weighted by Crippen LogP contribution is 2.19. The van der Waals surface area contributed by atoms with Gasteiger partial charge in [-0.05, 0) is 18.6 Å². The molecule has 0 bridgehead atoms. The van der Waals surface area contributed by atoms with Crippen LogP contribution < -0.4 is 0 Å². The van der Waals surface area contributed by atoms with E-state index >= 15 is 0 Å². The number of carbonyl (C=O) groups excluding carboxylic acids is 2. The number of nitrogens with zero attached hydrogens (tertiary/aromatic N) is 1. The van der Waals surface area contributed by atoms with Gasteiger partial charge in [0.05, 0.1) is 13.2 Å². The summed E-state index contributed by atoms with van der Waals surface area (Å²) in [5.41, 5.74) is 1.73. The van der Waals surface area contributed by atoms with Crippen LogP contribution in [0.1, 0.15) is 6.92 Å². The second kappa shape index (κ2) is 3.98. The van der Waals surface area contributed by atoms with Gasteiger partial charge in [-0.3, -0.25) is 9.59 Å². The van der Waals surface area contributed by atoms with Gasteiger partial charge in [0.15, 0.2) is 0 Å². The predicted octanol–water partition coefficient (Wildman–Crippen LogP) is 0.301. The van der Waals surface area contributed by atoms with E-state index in [0.29, 0.717) is 13.2 Å². The molecule has 0 N–H and O–H groups in total. The molecule has 1 heterocycles. The third-order valence-corrected chi connectivity index (χ3v) is 2.61. The number of morpholine rings is 1. The van der Waals surface area contributed by atoms with Crippen LogP contribution in [0, 0.1) is 0 Å². The number of hydrogen-bond acceptors (Lipinski definition) is 4. The van der Waals surface area contributed by atoms with Gasteiger partial charge in [-0.25, -0.2) is 0 Å². The van der Waals surface area contributed by atoms with Crippen molar-refractivity contribution in [1.82, 2.24) is 4.90 Å². The van der Waals surface area contributed by atoms with Crippen LogP contribution in [0.25, 0.3) is 0 Å². The van der Waals surface area contributed by atoms with Gasteiger partial charge in [0.25, 0.3) is 0 Å². The smallest absolute Gasteiger partial charge is 0.227 e. The minimum Gasteiger partial charge on any atom is -0.378 e. The lowest BCUT2D eigenvalue weighted by atomic mass is 10.0. The van der Waals surface area contributed by atoms with Gasteiger partial charge in [0.2, 0.25) is 11.6 Å². The van der Waals surface area contributed by atoms with E-state index in [1.165, 1.54) is 12.2 Å². The number of ether oxygens (including phenoxy) is 1. The van der Waals surface area contributed by atoms with Crippen LogP contribution in [0.3, 0.4) is 0 Å². The standard InChI is InChI=1S/C11H13NO3/c1-8-6-10(13)11(14)7-9(8)12-2-4-15-5-3-12/h6-7H,2-5H2,1H3. The van der Waals surface area contributed by atoms with E-state index in [0.717, 1.165) is 24.4 Å². The van der Waals surface area contributed by atoms with E-state index in [4.69, 9.17) is 4.74 Å². The summed E-state index contributed by atoms with van der Waals surface area (Å²) < 4.78 is 5.23. The molecule has 4 nitrogen and oxygen atoms in total. The Balaban J connectivity index is 2.21. The highest BCUT2D eigenvalue weighted by molar-refractivity contribution is 6.46. The third-order valence-electron chi connectivity index (χ3n) is 2.61. The van der Waals surface area contributed by atoms with Gasteiger partial charge >= 0.3 is 0 Å². The molecular weight excluding hydrogens is 194 g/mol. The van der Waals surface area contributed by atoms with Crippen molar-refractivity contribution in [3.05, 3.63) is 23.4 Å². The van der Waals surface area contributed by atoms with Crippen molar-refractivity contribution in [2.75, 3.05) is 26.3 Å². The Morgan fingerprint density at radius 3 is 2.40 bits per heavy atom. The maximum absolute atomic E-state index is 11.3. The molecule has 0 spiro atoms. The van der Waals surface area contributed by atoms with Crippen LogP contribution >= 0.6 is 0 Å². The minimum absolute atomic E-state index is 0.426. The largest absolute Gasteiger partial charge is 0.378 e. The van der Waals surface area contributed by atoms with E-state index in [-0.39, 0.29) is 0 Å². The molecule has 15 heavy (non-hydrogen) atoms. The normalized spacial score (nSPS) is 22.6. The fourth-order valence-electron chi connectivity index (χ4n) is 1.80. The molecule has 0 amide bonds. The summed E-state index contributed by atoms with van der Waals surface area (Å²) in [6.45, 7) is 4.75. The van der Waals surface area contributed by atoms with E-state index in [1.54, 1.807) is 0 Å². The predicted molar refractivity (Wildman–Crippen MR) is 54.2 cm³/mol. The second-order valence-electron chi connectivity index (χ2n) is 3.68. The number of allylic oxidation sites excluding steroid dienone is 3. The summed E-state index contributed by atoms with van der Waals surface area (Å²) >= 11 is 0. The molecule has 0 aromatic heterocycles. The Kier molecular flexibility index (Phi) is 2.68. The molecule has 0 radical (unpaired) electrons. The fraction of sp³-hybridized carbons (Fsp3) is 0.455. The third kappa shape index (κ3) is 1.99. The fourth-order valence-corrected chi connectivity index (χ4v) is 1.80. The molecule has 1 aliphatic carbocycles. The molecule has 1 aliphatic heterocycles. The average Bonchev–Trinajstić information content (AvgIpc) is 2.25. The van der Waals surface area contributed by atoms with Gasteiger partial charge < -0.3 is 9.64 Å². The number of ketones is 2. The summed E-state index contributed by atoms with van der Waals surface area (Å²) in [6.07, 6.45) is 2.84. The zero-order chi connectivity index (χ0) is 10.8. The topological polar surface area (TPSA) is 46.6 Å². The molecule has 0 atom stereocenters. The maximum atomic E-state index is 11.3. The molecule has 2 rings (SSSR count). The van der Waals surface area contributed by atoms with Crippen LogP contribution in [0.4, 0.5) is 0 Å². The summed E-state index contributed by atoms with van der Waals surface area (Å²) in [5, 5.41) is 0. The zero-order valence-corrected chi connectivity index (χ0v) is 8.66. The van der Waals surface area contributed by atoms with Crippen molar-refractivity contribution in [2.45, 2.75) is 6.92 Å². The molecule has 2 aliphatic rings. The first-order valence-corrected chi connectivity index (χ1v) is 5.00. The molecule has 1 fully saturated rings. The number of hydrogen-bond donors (Lipinski definition) is 0. The van der Waals surface area contributed by atoms with Crippen molar-refractivity contribution in [3.63, 3.8) is 0 Å². The monoisotopic (exact) mass is 207 g/mol. The van der Waals surface area contributed by atoms with Crippen molar-refractivity contribution in [1.29, 1.82) is 0 Å². The maximum Gasteiger partial charge on any atom is 0.227 e. The molecular formula is C11H13NO3. The first kappa shape index (κ1) is 10.1. The van der Waals surface area contributed by atoms with Gasteiger partial charge in [-0.15, -0.1) is 0 Å². The Morgan fingerprint density at radius 1 is 1.13 bits per heavy atom. The quantitative estimate of drug-likeness (QED) is 0.458.